The van der Waals surface area contributed by atoms with Gasteiger partial charge in [0, 0.05) is 33.3 Å². The average Bonchev–Trinajstić information content (AvgIpc) is 3.59. The van der Waals surface area contributed by atoms with Gasteiger partial charge in [-0.1, -0.05) is 74.5 Å². The van der Waals surface area contributed by atoms with Crippen molar-refractivity contribution in [3.8, 4) is 27.4 Å². The fraction of sp³-hybridized carbons (Fsp3) is 0.132. The third-order valence-corrected chi connectivity index (χ3v) is 10.4. The largest absolute Gasteiger partial charge is 0.309 e. The Morgan fingerprint density at radius 2 is 1.63 bits per heavy atom. The Kier molecular flexibility index (Phi) is 4.70. The molecule has 0 N–H and O–H groups in total. The molecule has 7 aromatic rings. The van der Waals surface area contributed by atoms with Crippen LogP contribution in [0.3, 0.4) is 0 Å². The predicted octanol–water partition coefficient (Wildman–Crippen LogP) is 10.3. The van der Waals surface area contributed by atoms with Gasteiger partial charge in [-0.25, -0.2) is 4.98 Å². The van der Waals surface area contributed by atoms with Crippen LogP contribution >= 0.6 is 11.3 Å². The maximum Gasteiger partial charge on any atom is 0.124 e. The normalized spacial score (nSPS) is 15.0. The molecule has 0 saturated heterocycles. The van der Waals surface area contributed by atoms with Gasteiger partial charge in [-0.05, 0) is 94.4 Å². The number of hydrogen-bond acceptors (Lipinski definition) is 2. The number of allylic oxidation sites excluding steroid dienone is 1. The maximum atomic E-state index is 4.91. The second-order valence-corrected chi connectivity index (χ2v) is 12.9. The van der Waals surface area contributed by atoms with Gasteiger partial charge < -0.3 is 4.57 Å². The fourth-order valence-electron chi connectivity index (χ4n) is 7.35. The number of aryl methyl sites for hydroxylation is 1. The van der Waals surface area contributed by atoms with Gasteiger partial charge in [0.15, 0.2) is 0 Å². The molecular weight excluding hydrogens is 516 g/mol. The van der Waals surface area contributed by atoms with E-state index in [9.17, 15) is 0 Å². The van der Waals surface area contributed by atoms with Crippen LogP contribution < -0.4 is 0 Å². The Morgan fingerprint density at radius 3 is 2.51 bits per heavy atom. The molecule has 3 heteroatoms. The number of thiazole rings is 1. The summed E-state index contributed by atoms with van der Waals surface area (Å²) < 4.78 is 3.76. The number of hydrogen-bond donors (Lipinski definition) is 0. The van der Waals surface area contributed by atoms with Gasteiger partial charge in [-0.3, -0.25) is 0 Å². The SMILES string of the molecule is CC1(C)c2ccccc2-c2c3c1cccc3cc1c3c(n(-c4ccc(-c5nc6ccccc6s5)cc4)c21)C=CCC3. The van der Waals surface area contributed by atoms with Gasteiger partial charge in [-0.2, -0.15) is 0 Å². The summed E-state index contributed by atoms with van der Waals surface area (Å²) in [6.07, 6.45) is 6.83. The zero-order valence-corrected chi connectivity index (χ0v) is 23.9. The van der Waals surface area contributed by atoms with E-state index < -0.39 is 0 Å². The molecule has 5 aromatic carbocycles. The van der Waals surface area contributed by atoms with Crippen molar-refractivity contribution < 1.29 is 0 Å². The molecule has 196 valence electrons. The molecule has 2 aliphatic carbocycles. The van der Waals surface area contributed by atoms with Gasteiger partial charge >= 0.3 is 0 Å². The molecule has 0 unspecified atom stereocenters. The first-order chi connectivity index (χ1) is 20.1. The van der Waals surface area contributed by atoms with Crippen LogP contribution in [0.1, 0.15) is 42.7 Å². The van der Waals surface area contributed by atoms with Crippen LogP contribution in [-0.2, 0) is 11.8 Å². The summed E-state index contributed by atoms with van der Waals surface area (Å²) in [5.74, 6) is 0. The molecular formula is C38H28N2S. The molecule has 0 aliphatic heterocycles. The molecule has 0 spiro atoms. The number of benzene rings is 5. The molecule has 2 aromatic heterocycles. The zero-order chi connectivity index (χ0) is 27.3. The quantitative estimate of drug-likeness (QED) is 0.212. The van der Waals surface area contributed by atoms with Crippen LogP contribution in [0.25, 0.3) is 65.4 Å². The lowest BCUT2D eigenvalue weighted by molar-refractivity contribution is 0.645. The van der Waals surface area contributed by atoms with E-state index >= 15 is 0 Å². The van der Waals surface area contributed by atoms with E-state index in [-0.39, 0.29) is 5.41 Å². The van der Waals surface area contributed by atoms with Gasteiger partial charge in [0.1, 0.15) is 5.01 Å². The van der Waals surface area contributed by atoms with E-state index in [0.717, 1.165) is 28.9 Å². The second kappa shape index (κ2) is 8.28. The van der Waals surface area contributed by atoms with Gasteiger partial charge in [0.05, 0.1) is 15.7 Å². The molecule has 0 amide bonds. The summed E-state index contributed by atoms with van der Waals surface area (Å²) in [5, 5.41) is 5.19. The molecule has 2 heterocycles. The lowest BCUT2D eigenvalue weighted by Crippen LogP contribution is -2.23. The lowest BCUT2D eigenvalue weighted by Gasteiger charge is -2.35. The van der Waals surface area contributed by atoms with Crippen LogP contribution in [0, 0.1) is 0 Å². The predicted molar refractivity (Wildman–Crippen MR) is 174 cm³/mol. The standard InChI is InChI=1S/C38H28N2S/c1-38(2)29-13-5-3-12-27(29)35-34-24(10-9-14-30(34)38)22-28-26-11-4-7-16-32(26)40(36(28)35)25-20-18-23(19-21-25)37-39-31-15-6-8-17-33(31)41-37/h3,5-10,12-22H,4,11H2,1-2H3. The van der Waals surface area contributed by atoms with E-state index in [1.165, 1.54) is 65.6 Å². The molecule has 0 fully saturated rings. The van der Waals surface area contributed by atoms with Crippen LogP contribution in [0.4, 0.5) is 0 Å². The van der Waals surface area contributed by atoms with E-state index in [2.05, 4.69) is 128 Å². The number of nitrogens with zero attached hydrogens (tertiary/aromatic N) is 2. The molecule has 2 aliphatic rings. The molecule has 2 nitrogen and oxygen atoms in total. The third kappa shape index (κ3) is 3.15. The van der Waals surface area contributed by atoms with E-state index in [1.54, 1.807) is 11.3 Å². The number of fused-ring (bicyclic) bond motifs is 7. The van der Waals surface area contributed by atoms with E-state index in [0.29, 0.717) is 0 Å². The summed E-state index contributed by atoms with van der Waals surface area (Å²) in [4.78, 5) is 4.91. The lowest BCUT2D eigenvalue weighted by atomic mass is 9.68. The Labute approximate surface area is 243 Å². The first-order valence-corrected chi connectivity index (χ1v) is 15.3. The highest BCUT2D eigenvalue weighted by Gasteiger charge is 2.35. The highest BCUT2D eigenvalue weighted by molar-refractivity contribution is 7.21. The topological polar surface area (TPSA) is 17.8 Å². The number of para-hydroxylation sites is 1. The Morgan fingerprint density at radius 1 is 0.829 bits per heavy atom. The van der Waals surface area contributed by atoms with E-state index in [1.807, 2.05) is 0 Å². The molecule has 9 rings (SSSR count). The summed E-state index contributed by atoms with van der Waals surface area (Å²) in [7, 11) is 0. The van der Waals surface area contributed by atoms with Crippen LogP contribution in [-0.4, -0.2) is 9.55 Å². The molecule has 0 atom stereocenters. The Balaban J connectivity index is 1.36. The Bertz CT molecular complexity index is 2190. The van der Waals surface area contributed by atoms with Crippen molar-refractivity contribution in [3.05, 3.63) is 126 Å². The second-order valence-electron chi connectivity index (χ2n) is 11.9. The minimum atomic E-state index is -0.0629. The van der Waals surface area contributed by atoms with Crippen molar-refractivity contribution in [1.29, 1.82) is 0 Å². The van der Waals surface area contributed by atoms with Crippen molar-refractivity contribution in [2.45, 2.75) is 32.1 Å². The maximum absolute atomic E-state index is 4.91. The zero-order valence-electron chi connectivity index (χ0n) is 23.1. The minimum absolute atomic E-state index is 0.0629. The van der Waals surface area contributed by atoms with Gasteiger partial charge in [0.2, 0.25) is 0 Å². The molecule has 0 bridgehead atoms. The summed E-state index contributed by atoms with van der Waals surface area (Å²) in [6.45, 7) is 4.75. The van der Waals surface area contributed by atoms with Crippen LogP contribution in [0.5, 0.6) is 0 Å². The molecule has 41 heavy (non-hydrogen) atoms. The van der Waals surface area contributed by atoms with Crippen molar-refractivity contribution in [2.75, 3.05) is 0 Å². The Hall–Kier alpha value is -4.47. The van der Waals surface area contributed by atoms with Crippen LogP contribution in [0.15, 0.2) is 103 Å². The van der Waals surface area contributed by atoms with Crippen molar-refractivity contribution in [3.63, 3.8) is 0 Å². The monoisotopic (exact) mass is 544 g/mol. The average molecular weight is 545 g/mol. The summed E-state index contributed by atoms with van der Waals surface area (Å²) in [5.41, 5.74) is 13.0. The number of aromatic nitrogens is 2. The van der Waals surface area contributed by atoms with Crippen molar-refractivity contribution in [1.82, 2.24) is 9.55 Å². The highest BCUT2D eigenvalue weighted by atomic mass is 32.1. The fourth-order valence-corrected chi connectivity index (χ4v) is 8.32. The first kappa shape index (κ1) is 23.3. The summed E-state index contributed by atoms with van der Waals surface area (Å²) >= 11 is 1.76. The highest BCUT2D eigenvalue weighted by Crippen LogP contribution is 2.52. The van der Waals surface area contributed by atoms with Crippen LogP contribution in [0.2, 0.25) is 0 Å². The summed E-state index contributed by atoms with van der Waals surface area (Å²) in [6, 6.07) is 35.9. The smallest absolute Gasteiger partial charge is 0.124 e. The number of rotatable bonds is 2. The van der Waals surface area contributed by atoms with Gasteiger partial charge in [-0.15, -0.1) is 11.3 Å². The first-order valence-electron chi connectivity index (χ1n) is 14.5. The van der Waals surface area contributed by atoms with Crippen molar-refractivity contribution >= 4 is 49.3 Å². The van der Waals surface area contributed by atoms with Gasteiger partial charge in [0.25, 0.3) is 0 Å². The minimum Gasteiger partial charge on any atom is -0.309 e. The van der Waals surface area contributed by atoms with E-state index in [4.69, 9.17) is 4.98 Å². The molecule has 0 radical (unpaired) electrons. The third-order valence-electron chi connectivity index (χ3n) is 9.28. The molecule has 0 saturated carbocycles. The van der Waals surface area contributed by atoms with Crippen molar-refractivity contribution in [2.24, 2.45) is 0 Å².